The van der Waals surface area contributed by atoms with Crippen LogP contribution in [0.1, 0.15) is 68.8 Å². The summed E-state index contributed by atoms with van der Waals surface area (Å²) in [5, 5.41) is 1.15. The molecule has 1 fully saturated rings. The van der Waals surface area contributed by atoms with Crippen molar-refractivity contribution in [1.82, 2.24) is 19.7 Å². The number of carbonyl (C=O) groups excluding carboxylic acids is 2. The smallest absolute Gasteiger partial charge is 0.246 e. The maximum Gasteiger partial charge on any atom is 0.246 e. The molecule has 0 bridgehead atoms. The first-order chi connectivity index (χ1) is 18.1. The molecule has 5 rings (SSSR count). The first-order valence-electron chi connectivity index (χ1n) is 14.1. The lowest BCUT2D eigenvalue weighted by Crippen LogP contribution is -2.63. The molecule has 6 nitrogen and oxygen atoms in total. The summed E-state index contributed by atoms with van der Waals surface area (Å²) in [6.07, 6.45) is 6.25. The van der Waals surface area contributed by atoms with Crippen molar-refractivity contribution in [3.8, 4) is 0 Å². The molecule has 0 aliphatic carbocycles. The van der Waals surface area contributed by atoms with Gasteiger partial charge in [-0.3, -0.25) is 9.59 Å². The van der Waals surface area contributed by atoms with Crippen LogP contribution in [0.2, 0.25) is 0 Å². The average molecular weight is 501 g/mol. The zero-order valence-corrected chi connectivity index (χ0v) is 22.3. The summed E-state index contributed by atoms with van der Waals surface area (Å²) in [5.74, 6) is 0.127. The minimum absolute atomic E-state index is 0.0385. The summed E-state index contributed by atoms with van der Waals surface area (Å²) >= 11 is 0. The molecule has 2 atom stereocenters. The second-order valence-electron chi connectivity index (χ2n) is 10.6. The Hall–Kier alpha value is -3.12. The van der Waals surface area contributed by atoms with Crippen LogP contribution in [0.25, 0.3) is 10.9 Å². The Labute approximate surface area is 220 Å². The first kappa shape index (κ1) is 25.5. The molecule has 3 heterocycles. The van der Waals surface area contributed by atoms with E-state index in [2.05, 4.69) is 48.0 Å². The number of H-pyrrole nitrogens is 1. The normalized spacial score (nSPS) is 19.5. The third kappa shape index (κ3) is 5.17. The third-order valence-electron chi connectivity index (χ3n) is 8.02. The number of unbranched alkanes of at least 4 members (excludes halogenated alkanes) is 2. The van der Waals surface area contributed by atoms with E-state index < -0.39 is 6.04 Å². The van der Waals surface area contributed by atoms with Crippen molar-refractivity contribution in [2.75, 3.05) is 32.7 Å². The topological polar surface area (TPSA) is 59.6 Å². The number of aromatic nitrogens is 1. The van der Waals surface area contributed by atoms with Crippen molar-refractivity contribution in [1.29, 1.82) is 0 Å². The van der Waals surface area contributed by atoms with Crippen LogP contribution in [0.4, 0.5) is 0 Å². The van der Waals surface area contributed by atoms with E-state index in [4.69, 9.17) is 0 Å². The first-order valence-corrected chi connectivity index (χ1v) is 14.1. The molecule has 2 amide bonds. The van der Waals surface area contributed by atoms with E-state index >= 15 is 0 Å². The van der Waals surface area contributed by atoms with Crippen molar-refractivity contribution in [3.05, 3.63) is 71.4 Å². The predicted octanol–water partition coefficient (Wildman–Crippen LogP) is 5.15. The highest BCUT2D eigenvalue weighted by atomic mass is 16.2. The highest BCUT2D eigenvalue weighted by Crippen LogP contribution is 2.42. The Morgan fingerprint density at radius 1 is 0.892 bits per heavy atom. The van der Waals surface area contributed by atoms with Gasteiger partial charge >= 0.3 is 0 Å². The van der Waals surface area contributed by atoms with Crippen molar-refractivity contribution in [2.24, 2.45) is 0 Å². The van der Waals surface area contributed by atoms with Gasteiger partial charge in [-0.15, -0.1) is 0 Å². The van der Waals surface area contributed by atoms with Crippen molar-refractivity contribution in [2.45, 2.75) is 64.5 Å². The molecule has 1 aromatic heterocycles. The van der Waals surface area contributed by atoms with Gasteiger partial charge in [0.05, 0.1) is 12.6 Å². The molecule has 0 saturated carbocycles. The summed E-state index contributed by atoms with van der Waals surface area (Å²) in [6.45, 7) is 8.47. The summed E-state index contributed by atoms with van der Waals surface area (Å²) in [4.78, 5) is 37.4. The lowest BCUT2D eigenvalue weighted by molar-refractivity contribution is -0.158. The van der Waals surface area contributed by atoms with Crippen molar-refractivity contribution >= 4 is 22.7 Å². The summed E-state index contributed by atoms with van der Waals surface area (Å²) < 4.78 is 0. The number of rotatable bonds is 11. The molecule has 2 aliphatic heterocycles. The van der Waals surface area contributed by atoms with Gasteiger partial charge in [-0.05, 0) is 56.1 Å². The van der Waals surface area contributed by atoms with Gasteiger partial charge in [-0.2, -0.15) is 0 Å². The van der Waals surface area contributed by atoms with Gasteiger partial charge in [-0.1, -0.05) is 75.2 Å². The maximum atomic E-state index is 13.9. The van der Waals surface area contributed by atoms with E-state index in [1.54, 1.807) is 0 Å². The molecule has 0 radical (unpaired) electrons. The lowest BCUT2D eigenvalue weighted by atomic mass is 9.86. The molecule has 3 aromatic rings. The molecule has 2 aromatic carbocycles. The number of hydrogen-bond donors (Lipinski definition) is 1. The van der Waals surface area contributed by atoms with Crippen LogP contribution >= 0.6 is 0 Å². The van der Waals surface area contributed by atoms with Crippen LogP contribution in [0.5, 0.6) is 0 Å². The zero-order valence-electron chi connectivity index (χ0n) is 22.3. The highest BCUT2D eigenvalue weighted by Gasteiger charge is 2.48. The molecule has 0 unspecified atom stereocenters. The van der Waals surface area contributed by atoms with Gasteiger partial charge in [0.25, 0.3) is 0 Å². The van der Waals surface area contributed by atoms with Gasteiger partial charge in [0, 0.05) is 29.6 Å². The second kappa shape index (κ2) is 11.5. The Morgan fingerprint density at radius 2 is 1.57 bits per heavy atom. The number of aromatic amines is 1. The van der Waals surface area contributed by atoms with E-state index in [0.717, 1.165) is 48.2 Å². The van der Waals surface area contributed by atoms with E-state index in [-0.39, 0.29) is 24.4 Å². The predicted molar refractivity (Wildman–Crippen MR) is 148 cm³/mol. The molecule has 1 saturated heterocycles. The quantitative estimate of drug-likeness (QED) is 0.396. The summed E-state index contributed by atoms with van der Waals surface area (Å²) in [7, 11) is 0. The minimum Gasteiger partial charge on any atom is -0.356 e. The number of nitrogens with one attached hydrogen (secondary N) is 1. The Bertz CT molecular complexity index is 1210. The van der Waals surface area contributed by atoms with Crippen LogP contribution < -0.4 is 0 Å². The Balaban J connectivity index is 1.38. The molecule has 1 N–H and O–H groups in total. The molecule has 196 valence electrons. The fourth-order valence-corrected chi connectivity index (χ4v) is 6.08. The molecule has 37 heavy (non-hydrogen) atoms. The number of piperazine rings is 1. The van der Waals surface area contributed by atoms with Crippen molar-refractivity contribution in [3.63, 3.8) is 0 Å². The van der Waals surface area contributed by atoms with Crippen LogP contribution in [0.3, 0.4) is 0 Å². The SMILES string of the molecule is CCCCN(CCCC)CCCN1CC(=O)N2[C@@H](c3ccccc3)c3[nH]c4ccccc4c3C[C@H]2C1=O. The van der Waals surface area contributed by atoms with Gasteiger partial charge in [0.15, 0.2) is 0 Å². The van der Waals surface area contributed by atoms with Crippen LogP contribution in [-0.4, -0.2) is 70.3 Å². The molecular formula is C31H40N4O2. The summed E-state index contributed by atoms with van der Waals surface area (Å²) in [5.41, 5.74) is 4.31. The fourth-order valence-electron chi connectivity index (χ4n) is 6.08. The largest absolute Gasteiger partial charge is 0.356 e. The molecular weight excluding hydrogens is 460 g/mol. The fraction of sp³-hybridized carbons (Fsp3) is 0.484. The highest BCUT2D eigenvalue weighted by molar-refractivity contribution is 5.97. The van der Waals surface area contributed by atoms with Gasteiger partial charge in [-0.25, -0.2) is 0 Å². The van der Waals surface area contributed by atoms with Gasteiger partial charge in [0.2, 0.25) is 11.8 Å². The minimum atomic E-state index is -0.463. The third-order valence-corrected chi connectivity index (χ3v) is 8.02. The second-order valence-corrected chi connectivity index (χ2v) is 10.6. The Morgan fingerprint density at radius 3 is 2.30 bits per heavy atom. The van der Waals surface area contributed by atoms with Gasteiger partial charge in [0.1, 0.15) is 6.04 Å². The van der Waals surface area contributed by atoms with Crippen LogP contribution in [0, 0.1) is 0 Å². The van der Waals surface area contributed by atoms with E-state index in [0.29, 0.717) is 13.0 Å². The monoisotopic (exact) mass is 500 g/mol. The lowest BCUT2D eigenvalue weighted by Gasteiger charge is -2.47. The average Bonchev–Trinajstić information content (AvgIpc) is 3.30. The number of para-hydroxylation sites is 1. The van der Waals surface area contributed by atoms with E-state index in [1.807, 2.05) is 40.1 Å². The number of hydrogen-bond acceptors (Lipinski definition) is 3. The number of amides is 2. The van der Waals surface area contributed by atoms with E-state index in [1.165, 1.54) is 31.2 Å². The van der Waals surface area contributed by atoms with Crippen LogP contribution in [0.15, 0.2) is 54.6 Å². The number of carbonyl (C=O) groups is 2. The standard InChI is InChI=1S/C31H40N4O2/c1-3-5-17-33(18-6-4-2)19-12-20-34-22-28(36)35-27(31(34)37)21-25-24-15-10-11-16-26(24)32-29(25)30(35)23-13-8-7-9-14-23/h7-11,13-16,27,30,32H,3-6,12,17-22H2,1-2H3/t27-,30-/m0/s1. The maximum absolute atomic E-state index is 13.9. The van der Waals surface area contributed by atoms with Crippen molar-refractivity contribution < 1.29 is 9.59 Å². The van der Waals surface area contributed by atoms with Gasteiger partial charge < -0.3 is 19.7 Å². The molecule has 6 heteroatoms. The molecule has 0 spiro atoms. The number of fused-ring (bicyclic) bond motifs is 4. The summed E-state index contributed by atoms with van der Waals surface area (Å²) in [6, 6.07) is 17.7. The Kier molecular flexibility index (Phi) is 7.94. The number of benzene rings is 2. The number of nitrogens with zero attached hydrogens (tertiary/aromatic N) is 3. The molecule has 2 aliphatic rings. The van der Waals surface area contributed by atoms with E-state index in [9.17, 15) is 9.59 Å². The van der Waals surface area contributed by atoms with Crippen LogP contribution in [-0.2, 0) is 16.0 Å². The zero-order chi connectivity index (χ0) is 25.8.